The van der Waals surface area contributed by atoms with Gasteiger partial charge in [0.2, 0.25) is 0 Å². The SMILES string of the molecule is CCCCCCCCC/C=C/CCCCCCCOC(=O)C1CCCCC1C(=O)O. The number of ether oxygens (including phenoxy) is 1. The highest BCUT2D eigenvalue weighted by atomic mass is 16.5. The van der Waals surface area contributed by atoms with E-state index >= 15 is 0 Å². The Bertz CT molecular complexity index is 472. The van der Waals surface area contributed by atoms with Crippen molar-refractivity contribution in [3.63, 3.8) is 0 Å². The van der Waals surface area contributed by atoms with Crippen LogP contribution in [0, 0.1) is 11.8 Å². The van der Waals surface area contributed by atoms with Crippen LogP contribution in [-0.4, -0.2) is 23.7 Å². The summed E-state index contributed by atoms with van der Waals surface area (Å²) >= 11 is 0. The molecule has 30 heavy (non-hydrogen) atoms. The molecule has 0 heterocycles. The predicted molar refractivity (Wildman–Crippen MR) is 123 cm³/mol. The molecule has 2 atom stereocenters. The summed E-state index contributed by atoms with van der Waals surface area (Å²) in [6, 6.07) is 0. The summed E-state index contributed by atoms with van der Waals surface area (Å²) in [5.74, 6) is -2.14. The number of hydrogen-bond donors (Lipinski definition) is 1. The minimum absolute atomic E-state index is 0.298. The molecular formula is C26H46O4. The fraction of sp³-hybridized carbons (Fsp3) is 0.846. The van der Waals surface area contributed by atoms with Crippen LogP contribution in [0.5, 0.6) is 0 Å². The van der Waals surface area contributed by atoms with Crippen molar-refractivity contribution in [2.45, 2.75) is 122 Å². The molecule has 0 aromatic rings. The van der Waals surface area contributed by atoms with E-state index in [1.165, 1.54) is 77.0 Å². The summed E-state index contributed by atoms with van der Waals surface area (Å²) in [6.45, 7) is 2.69. The zero-order valence-electron chi connectivity index (χ0n) is 19.4. The minimum Gasteiger partial charge on any atom is -0.481 e. The maximum atomic E-state index is 12.2. The Kier molecular flexibility index (Phi) is 16.4. The second-order valence-corrected chi connectivity index (χ2v) is 8.94. The summed E-state index contributed by atoms with van der Waals surface area (Å²) in [4.78, 5) is 23.5. The molecule has 1 N–H and O–H groups in total. The smallest absolute Gasteiger partial charge is 0.309 e. The van der Waals surface area contributed by atoms with Crippen molar-refractivity contribution >= 4 is 11.9 Å². The molecule has 0 bridgehead atoms. The first-order valence-electron chi connectivity index (χ1n) is 12.7. The number of carboxylic acids is 1. The first-order chi connectivity index (χ1) is 14.7. The van der Waals surface area contributed by atoms with Crippen molar-refractivity contribution in [1.29, 1.82) is 0 Å². The second kappa shape index (κ2) is 18.4. The van der Waals surface area contributed by atoms with Crippen molar-refractivity contribution in [3.05, 3.63) is 12.2 Å². The van der Waals surface area contributed by atoms with Gasteiger partial charge in [0.05, 0.1) is 18.4 Å². The molecule has 0 spiro atoms. The van der Waals surface area contributed by atoms with E-state index < -0.39 is 17.8 Å². The third kappa shape index (κ3) is 13.1. The minimum atomic E-state index is -0.854. The number of allylic oxidation sites excluding steroid dienone is 2. The Labute approximate surface area is 184 Å². The molecule has 1 aliphatic carbocycles. The van der Waals surface area contributed by atoms with E-state index in [1.54, 1.807) is 0 Å². The summed E-state index contributed by atoms with van der Waals surface area (Å²) in [6.07, 6.45) is 25.3. The van der Waals surface area contributed by atoms with E-state index in [0.29, 0.717) is 19.4 Å². The summed E-state index contributed by atoms with van der Waals surface area (Å²) in [5.41, 5.74) is 0. The largest absolute Gasteiger partial charge is 0.481 e. The molecule has 4 heteroatoms. The Hall–Kier alpha value is -1.32. The lowest BCUT2D eigenvalue weighted by atomic mass is 9.79. The van der Waals surface area contributed by atoms with E-state index in [9.17, 15) is 14.7 Å². The van der Waals surface area contributed by atoms with Gasteiger partial charge in [-0.25, -0.2) is 0 Å². The molecular weight excluding hydrogens is 376 g/mol. The Balaban J connectivity index is 1.89. The first-order valence-corrected chi connectivity index (χ1v) is 12.7. The molecule has 174 valence electrons. The molecule has 0 saturated heterocycles. The summed E-state index contributed by atoms with van der Waals surface area (Å²) in [7, 11) is 0. The average molecular weight is 423 g/mol. The maximum Gasteiger partial charge on any atom is 0.309 e. The van der Waals surface area contributed by atoms with Gasteiger partial charge in [-0.3, -0.25) is 9.59 Å². The van der Waals surface area contributed by atoms with Crippen LogP contribution in [-0.2, 0) is 14.3 Å². The second-order valence-electron chi connectivity index (χ2n) is 8.94. The van der Waals surface area contributed by atoms with Crippen molar-refractivity contribution in [2.75, 3.05) is 6.61 Å². The Morgan fingerprint density at radius 3 is 1.83 bits per heavy atom. The number of rotatable bonds is 18. The monoisotopic (exact) mass is 422 g/mol. The quantitative estimate of drug-likeness (QED) is 0.141. The van der Waals surface area contributed by atoms with Gasteiger partial charge < -0.3 is 9.84 Å². The molecule has 1 rings (SSSR count). The topological polar surface area (TPSA) is 63.6 Å². The lowest BCUT2D eigenvalue weighted by Gasteiger charge is -2.26. The van der Waals surface area contributed by atoms with Gasteiger partial charge in [0.25, 0.3) is 0 Å². The van der Waals surface area contributed by atoms with Crippen LogP contribution < -0.4 is 0 Å². The zero-order valence-corrected chi connectivity index (χ0v) is 19.4. The van der Waals surface area contributed by atoms with Crippen LogP contribution in [0.1, 0.15) is 122 Å². The van der Waals surface area contributed by atoms with Crippen LogP contribution in [0.4, 0.5) is 0 Å². The number of carboxylic acid groups (broad SMARTS) is 1. The Morgan fingerprint density at radius 2 is 1.27 bits per heavy atom. The number of aliphatic carboxylic acids is 1. The molecule has 0 radical (unpaired) electrons. The number of hydrogen-bond acceptors (Lipinski definition) is 3. The lowest BCUT2D eigenvalue weighted by Crippen LogP contribution is -2.33. The summed E-state index contributed by atoms with van der Waals surface area (Å²) in [5, 5.41) is 9.27. The molecule has 2 unspecified atom stereocenters. The van der Waals surface area contributed by atoms with Gasteiger partial charge in [-0.15, -0.1) is 0 Å². The summed E-state index contributed by atoms with van der Waals surface area (Å²) < 4.78 is 5.37. The predicted octanol–water partition coefficient (Wildman–Crippen LogP) is 7.46. The van der Waals surface area contributed by atoms with Gasteiger partial charge in [-0.05, 0) is 44.9 Å². The van der Waals surface area contributed by atoms with Crippen LogP contribution in [0.2, 0.25) is 0 Å². The van der Waals surface area contributed by atoms with Crippen LogP contribution in [0.25, 0.3) is 0 Å². The molecule has 0 aliphatic heterocycles. The van der Waals surface area contributed by atoms with E-state index in [0.717, 1.165) is 25.7 Å². The van der Waals surface area contributed by atoms with Crippen LogP contribution >= 0.6 is 0 Å². The molecule has 4 nitrogen and oxygen atoms in total. The fourth-order valence-corrected chi connectivity index (χ4v) is 4.34. The van der Waals surface area contributed by atoms with Gasteiger partial charge in [0.15, 0.2) is 0 Å². The highest BCUT2D eigenvalue weighted by molar-refractivity contribution is 5.81. The van der Waals surface area contributed by atoms with Crippen molar-refractivity contribution in [2.24, 2.45) is 11.8 Å². The average Bonchev–Trinajstić information content (AvgIpc) is 2.75. The van der Waals surface area contributed by atoms with Crippen molar-refractivity contribution in [1.82, 2.24) is 0 Å². The number of carbonyl (C=O) groups excluding carboxylic acids is 1. The van der Waals surface area contributed by atoms with Crippen molar-refractivity contribution < 1.29 is 19.4 Å². The van der Waals surface area contributed by atoms with Gasteiger partial charge in [0, 0.05) is 0 Å². The van der Waals surface area contributed by atoms with E-state index in [2.05, 4.69) is 19.1 Å². The Morgan fingerprint density at radius 1 is 0.767 bits per heavy atom. The highest BCUT2D eigenvalue weighted by Crippen LogP contribution is 2.31. The van der Waals surface area contributed by atoms with Gasteiger partial charge in [0.1, 0.15) is 0 Å². The molecule has 0 amide bonds. The lowest BCUT2D eigenvalue weighted by molar-refractivity contribution is -0.159. The molecule has 0 aromatic heterocycles. The van der Waals surface area contributed by atoms with Crippen molar-refractivity contribution in [3.8, 4) is 0 Å². The van der Waals surface area contributed by atoms with Gasteiger partial charge in [-0.2, -0.15) is 0 Å². The van der Waals surface area contributed by atoms with Crippen LogP contribution in [0.15, 0.2) is 12.2 Å². The maximum absolute atomic E-state index is 12.2. The molecule has 1 fully saturated rings. The number of esters is 1. The molecule has 0 aromatic carbocycles. The first kappa shape index (κ1) is 26.7. The van der Waals surface area contributed by atoms with E-state index in [1.807, 2.05) is 0 Å². The van der Waals surface area contributed by atoms with E-state index in [4.69, 9.17) is 4.74 Å². The third-order valence-electron chi connectivity index (χ3n) is 6.29. The number of carbonyl (C=O) groups is 2. The standard InChI is InChI=1S/C26H46O4/c1-2-3-4-5-6-7-8-9-10-11-12-13-14-15-16-19-22-30-26(29)24-21-18-17-20-23(24)25(27)28/h10-11,23-24H,2-9,12-22H2,1H3,(H,27,28)/b11-10+. The third-order valence-corrected chi connectivity index (χ3v) is 6.29. The normalized spacial score (nSPS) is 19.2. The fourth-order valence-electron chi connectivity index (χ4n) is 4.34. The molecule has 1 aliphatic rings. The zero-order chi connectivity index (χ0) is 21.9. The number of unbranched alkanes of at least 4 members (excludes halogenated alkanes) is 12. The highest BCUT2D eigenvalue weighted by Gasteiger charge is 2.36. The molecule has 1 saturated carbocycles. The van der Waals surface area contributed by atoms with Crippen LogP contribution in [0.3, 0.4) is 0 Å². The van der Waals surface area contributed by atoms with E-state index in [-0.39, 0.29) is 5.97 Å². The van der Waals surface area contributed by atoms with Gasteiger partial charge >= 0.3 is 11.9 Å². The van der Waals surface area contributed by atoms with Gasteiger partial charge in [-0.1, -0.05) is 89.7 Å².